The Morgan fingerprint density at radius 2 is 0.723 bits per heavy atom. The molecule has 6 heterocycles. The Morgan fingerprint density at radius 1 is 0.277 bits per heavy atom. The van der Waals surface area contributed by atoms with Crippen molar-refractivity contribution in [3.05, 3.63) is 285 Å². The fourth-order valence-electron chi connectivity index (χ4n) is 14.0. The molecule has 0 saturated heterocycles. The van der Waals surface area contributed by atoms with Gasteiger partial charge in [-0.05, 0) is 102 Å². The average Bonchev–Trinajstić information content (AvgIpc) is 3.05. The maximum atomic E-state index is 5.66. The molecule has 0 spiro atoms. The highest BCUT2D eigenvalue weighted by Gasteiger charge is 2.39. The van der Waals surface area contributed by atoms with E-state index in [1.54, 1.807) is 0 Å². The van der Waals surface area contributed by atoms with E-state index in [-0.39, 0.29) is 12.0 Å². The molecule has 18 rings (SSSR count). The third-order valence-electron chi connectivity index (χ3n) is 17.5. The second-order valence-corrected chi connectivity index (χ2v) is 21.9. The average molecular weight is 1060 g/mol. The topological polar surface area (TPSA) is 61.6 Å². The van der Waals surface area contributed by atoms with Gasteiger partial charge in [0.05, 0.1) is 61.6 Å². The first-order chi connectivity index (χ1) is 41.2. The van der Waals surface area contributed by atoms with Crippen molar-refractivity contribution >= 4 is 98.6 Å². The molecule has 388 valence electrons. The van der Waals surface area contributed by atoms with Crippen LogP contribution in [0.5, 0.6) is 0 Å². The smallest absolute Gasteiger partial charge is 0.240 e. The van der Waals surface area contributed by atoms with Crippen LogP contribution in [0.4, 0.5) is 11.4 Å². The summed E-state index contributed by atoms with van der Waals surface area (Å²) in [6, 6.07) is 92.2. The number of hydrogen-bond donors (Lipinski definition) is 0. The van der Waals surface area contributed by atoms with Crippen LogP contribution in [0, 0.1) is 0 Å². The second-order valence-electron chi connectivity index (χ2n) is 21.9. The molecule has 1 aliphatic heterocycles. The van der Waals surface area contributed by atoms with E-state index >= 15 is 0 Å². The van der Waals surface area contributed by atoms with E-state index in [1.165, 1.54) is 43.8 Å². The molecule has 0 N–H and O–H groups in total. The Hall–Kier alpha value is -11.1. The van der Waals surface area contributed by atoms with Crippen LogP contribution >= 0.6 is 0 Å². The number of para-hydroxylation sites is 7. The monoisotopic (exact) mass is 1060 g/mol. The summed E-state index contributed by atoms with van der Waals surface area (Å²) in [6.45, 7) is 0. The van der Waals surface area contributed by atoms with Gasteiger partial charge in [-0.2, -0.15) is 15.0 Å². The van der Waals surface area contributed by atoms with E-state index in [2.05, 4.69) is 296 Å². The van der Waals surface area contributed by atoms with E-state index in [4.69, 9.17) is 15.0 Å². The van der Waals surface area contributed by atoms with E-state index in [0.29, 0.717) is 17.7 Å². The van der Waals surface area contributed by atoms with Crippen LogP contribution in [0.1, 0.15) is 11.5 Å². The number of nitrogens with zero attached hydrogens (tertiary/aromatic N) is 8. The molecular formula is C75H48N8. The van der Waals surface area contributed by atoms with E-state index in [9.17, 15) is 0 Å². The Bertz CT molecular complexity index is 5370. The number of hydrogen-bond acceptors (Lipinski definition) is 4. The molecule has 83 heavy (non-hydrogen) atoms. The molecule has 5 aromatic heterocycles. The summed E-state index contributed by atoms with van der Waals surface area (Å²) < 4.78 is 9.35. The molecule has 8 heteroatoms. The standard InChI is InChI=1S/C75H48N8/c1-3-21-47(22-4-1)73-76-74(82-66-37-19-12-30-56(66)59-44-49(40-42-69(59)82)48-39-41-68-58(43-48)55-29-11-14-32-61(55)79(68)50-23-5-2-6-24-50)78-75(77-73)83-67-38-20-13-31-57(67)60-45-71(80-62-33-15-7-25-51(62)52-26-8-16-34-63(52)80)72(46-70(60)83)81-64-35-17-9-27-53(64)54-28-10-18-36-65(54)81/h1-46,53,64H. The molecule has 2 unspecified atom stereocenters. The first-order valence-corrected chi connectivity index (χ1v) is 28.4. The molecule has 2 atom stereocenters. The van der Waals surface area contributed by atoms with Crippen LogP contribution < -0.4 is 4.90 Å². The summed E-state index contributed by atoms with van der Waals surface area (Å²) in [7, 11) is 0. The summed E-state index contributed by atoms with van der Waals surface area (Å²) in [5.41, 5.74) is 17.7. The van der Waals surface area contributed by atoms with Gasteiger partial charge in [-0.15, -0.1) is 0 Å². The van der Waals surface area contributed by atoms with Crippen molar-refractivity contribution in [1.82, 2.24) is 33.2 Å². The van der Waals surface area contributed by atoms with Crippen molar-refractivity contribution in [1.29, 1.82) is 0 Å². The SMILES string of the molecule is C1=CC2c3ccccc3N(c3cc4c(cc3-n3c5ccccc5c5ccccc53)c3ccccc3n4-c3nc(-c4ccccc4)nc(-n4c5ccccc5c5cc(-c6ccc7c(c6)c6ccccc6n7-c6ccccc6)ccc54)n3)C2C=C1. The molecule has 0 amide bonds. The minimum absolute atomic E-state index is 0.0493. The van der Waals surface area contributed by atoms with Crippen molar-refractivity contribution in [3.8, 4) is 45.8 Å². The summed E-state index contributed by atoms with van der Waals surface area (Å²) in [4.78, 5) is 19.2. The minimum atomic E-state index is 0.0493. The lowest BCUT2D eigenvalue weighted by Crippen LogP contribution is -2.29. The van der Waals surface area contributed by atoms with Gasteiger partial charge in [-0.25, -0.2) is 0 Å². The fraction of sp³-hybridized carbons (Fsp3) is 0.0267. The predicted octanol–water partition coefficient (Wildman–Crippen LogP) is 18.3. The first kappa shape index (κ1) is 45.7. The minimum Gasteiger partial charge on any atom is -0.332 e. The highest BCUT2D eigenvalue weighted by Crippen LogP contribution is 2.52. The van der Waals surface area contributed by atoms with E-state index < -0.39 is 0 Å². The lowest BCUT2D eigenvalue weighted by Gasteiger charge is -2.31. The van der Waals surface area contributed by atoms with Gasteiger partial charge >= 0.3 is 0 Å². The third-order valence-corrected chi connectivity index (χ3v) is 17.5. The molecule has 2 aliphatic rings. The molecule has 8 nitrogen and oxygen atoms in total. The Balaban J connectivity index is 0.877. The second kappa shape index (κ2) is 17.7. The fourth-order valence-corrected chi connectivity index (χ4v) is 14.0. The molecular weight excluding hydrogens is 1010 g/mol. The van der Waals surface area contributed by atoms with Gasteiger partial charge in [-0.1, -0.05) is 194 Å². The largest absolute Gasteiger partial charge is 0.332 e. The van der Waals surface area contributed by atoms with Crippen LogP contribution in [0.15, 0.2) is 279 Å². The van der Waals surface area contributed by atoms with Gasteiger partial charge in [0.15, 0.2) is 5.82 Å². The van der Waals surface area contributed by atoms with Crippen LogP contribution in [-0.4, -0.2) is 39.3 Å². The Kier molecular flexibility index (Phi) is 9.76. The van der Waals surface area contributed by atoms with Gasteiger partial charge in [0.2, 0.25) is 11.9 Å². The van der Waals surface area contributed by atoms with Crippen LogP contribution in [-0.2, 0) is 0 Å². The summed E-state index contributed by atoms with van der Waals surface area (Å²) in [5, 5.41) is 9.30. The zero-order chi connectivity index (χ0) is 54.3. The van der Waals surface area contributed by atoms with Crippen LogP contribution in [0.25, 0.3) is 133 Å². The molecule has 0 saturated carbocycles. The number of allylic oxidation sites excluding steroid dienone is 2. The van der Waals surface area contributed by atoms with Crippen molar-refractivity contribution in [2.75, 3.05) is 4.90 Å². The maximum Gasteiger partial charge on any atom is 0.240 e. The van der Waals surface area contributed by atoms with Gasteiger partial charge in [0.25, 0.3) is 0 Å². The lowest BCUT2D eigenvalue weighted by atomic mass is 9.91. The van der Waals surface area contributed by atoms with Crippen molar-refractivity contribution in [2.45, 2.75) is 12.0 Å². The maximum absolute atomic E-state index is 5.66. The first-order valence-electron chi connectivity index (χ1n) is 28.4. The van der Waals surface area contributed by atoms with Gasteiger partial charge in [0, 0.05) is 65.9 Å². The number of rotatable bonds is 7. The predicted molar refractivity (Wildman–Crippen MR) is 341 cm³/mol. The Labute approximate surface area is 476 Å². The molecule has 1 aliphatic carbocycles. The number of fused-ring (bicyclic) bond motifs is 15. The zero-order valence-electron chi connectivity index (χ0n) is 44.8. The van der Waals surface area contributed by atoms with Crippen LogP contribution in [0.2, 0.25) is 0 Å². The molecule has 0 fully saturated rings. The number of benzene rings is 11. The molecule has 16 aromatic rings. The van der Waals surface area contributed by atoms with Crippen molar-refractivity contribution in [3.63, 3.8) is 0 Å². The highest BCUT2D eigenvalue weighted by molar-refractivity contribution is 6.15. The third kappa shape index (κ3) is 6.72. The number of anilines is 2. The number of aromatic nitrogens is 7. The van der Waals surface area contributed by atoms with Crippen LogP contribution in [0.3, 0.4) is 0 Å². The Morgan fingerprint density at radius 3 is 1.33 bits per heavy atom. The van der Waals surface area contributed by atoms with Gasteiger partial charge in [-0.3, -0.25) is 9.13 Å². The molecule has 0 bridgehead atoms. The van der Waals surface area contributed by atoms with Gasteiger partial charge < -0.3 is 14.0 Å². The summed E-state index contributed by atoms with van der Waals surface area (Å²) >= 11 is 0. The van der Waals surface area contributed by atoms with Crippen molar-refractivity contribution < 1.29 is 0 Å². The lowest BCUT2D eigenvalue weighted by molar-refractivity contribution is 0.743. The summed E-state index contributed by atoms with van der Waals surface area (Å²) in [5.74, 6) is 1.83. The van der Waals surface area contributed by atoms with Gasteiger partial charge in [0.1, 0.15) is 0 Å². The van der Waals surface area contributed by atoms with E-state index in [0.717, 1.165) is 88.4 Å². The molecule has 11 aromatic carbocycles. The van der Waals surface area contributed by atoms with Crippen molar-refractivity contribution in [2.24, 2.45) is 0 Å². The quantitative estimate of drug-likeness (QED) is 0.160. The highest BCUT2D eigenvalue weighted by atomic mass is 15.3. The van der Waals surface area contributed by atoms with E-state index in [1.807, 2.05) is 6.07 Å². The molecule has 0 radical (unpaired) electrons. The normalized spacial score (nSPS) is 14.9. The zero-order valence-corrected chi connectivity index (χ0v) is 44.8. The summed E-state index contributed by atoms with van der Waals surface area (Å²) in [6.07, 6.45) is 9.12.